The highest BCUT2D eigenvalue weighted by Crippen LogP contribution is 2.37. The number of anilines is 1. The predicted molar refractivity (Wildman–Crippen MR) is 203 cm³/mol. The Morgan fingerprint density at radius 3 is 2.40 bits per heavy atom. The maximum atomic E-state index is 13.1. The maximum Gasteiger partial charge on any atom is 0.296 e. The number of likely N-dealkylation sites (N-methyl/N-ethyl adjacent to an activating group) is 1. The first-order valence-electron chi connectivity index (χ1n) is 17.6. The van der Waals surface area contributed by atoms with Crippen LogP contribution in [0.15, 0.2) is 75.1 Å². The van der Waals surface area contributed by atoms with Gasteiger partial charge in [0.25, 0.3) is 5.69 Å². The van der Waals surface area contributed by atoms with Crippen LogP contribution in [0.4, 0.5) is 34.1 Å². The second-order valence-corrected chi connectivity index (χ2v) is 12.8. The van der Waals surface area contributed by atoms with Crippen LogP contribution >= 0.6 is 0 Å². The van der Waals surface area contributed by atoms with Crippen molar-refractivity contribution in [2.45, 2.75) is 70.4 Å². The van der Waals surface area contributed by atoms with Gasteiger partial charge in [-0.25, -0.2) is 0 Å². The minimum atomic E-state index is -1.49. The number of nitro benzene ring substituents is 1. The maximum absolute atomic E-state index is 13.1. The Labute approximate surface area is 319 Å². The van der Waals surface area contributed by atoms with Gasteiger partial charge in [0.2, 0.25) is 5.91 Å². The zero-order valence-electron chi connectivity index (χ0n) is 31.4. The molecule has 4 rings (SSSR count). The smallest absolute Gasteiger partial charge is 0.296 e. The van der Waals surface area contributed by atoms with Crippen molar-refractivity contribution in [2.75, 3.05) is 45.4 Å². The fourth-order valence-corrected chi connectivity index (χ4v) is 5.69. The molecule has 1 fully saturated rings. The summed E-state index contributed by atoms with van der Waals surface area (Å²) in [5, 5.41) is 62.1. The van der Waals surface area contributed by atoms with E-state index in [-0.39, 0.29) is 43.6 Å². The number of nitro groups is 1. The number of methoxy groups -OCH3 is 1. The van der Waals surface area contributed by atoms with Crippen LogP contribution in [0.5, 0.6) is 5.75 Å². The zero-order chi connectivity index (χ0) is 40.1. The normalized spacial score (nSPS) is 20.3. The summed E-state index contributed by atoms with van der Waals surface area (Å²) in [6.07, 6.45) is -0.380. The van der Waals surface area contributed by atoms with Gasteiger partial charge in [0.05, 0.1) is 36.6 Å². The van der Waals surface area contributed by atoms with Crippen LogP contribution in [0.2, 0.25) is 0 Å². The minimum Gasteiger partial charge on any atom is -0.494 e. The molecule has 0 bridgehead atoms. The molecule has 6 atom stereocenters. The highest BCUT2D eigenvalue weighted by molar-refractivity contribution is 5.85. The molecule has 3 aromatic carbocycles. The third-order valence-corrected chi connectivity index (χ3v) is 8.82. The second-order valence-electron chi connectivity index (χ2n) is 12.8. The van der Waals surface area contributed by atoms with Gasteiger partial charge in [-0.2, -0.15) is 5.11 Å². The average Bonchev–Trinajstić information content (AvgIpc) is 3.17. The second kappa shape index (κ2) is 20.4. The molecule has 1 aliphatic rings. The Balaban J connectivity index is 1.30. The molecule has 0 aliphatic carbocycles. The van der Waals surface area contributed by atoms with Crippen molar-refractivity contribution < 1.29 is 44.0 Å². The van der Waals surface area contributed by atoms with E-state index in [1.54, 1.807) is 50.2 Å². The highest BCUT2D eigenvalue weighted by atomic mass is 16.7. The summed E-state index contributed by atoms with van der Waals surface area (Å²) < 4.78 is 21.9. The molecule has 3 aromatic rings. The minimum absolute atomic E-state index is 0.000267. The zero-order valence-corrected chi connectivity index (χ0v) is 31.4. The monoisotopic (exact) mass is 761 g/mol. The number of aliphatic hydroxyl groups is 3. The van der Waals surface area contributed by atoms with Crippen molar-refractivity contribution in [3.63, 3.8) is 0 Å². The molecule has 0 radical (unpaired) electrons. The van der Waals surface area contributed by atoms with E-state index in [0.29, 0.717) is 41.2 Å². The third-order valence-electron chi connectivity index (χ3n) is 8.82. The quantitative estimate of drug-likeness (QED) is 0.0431. The van der Waals surface area contributed by atoms with Crippen molar-refractivity contribution >= 4 is 40.0 Å². The standard InChI is InChI=1S/C38H47N7O10/c1-7-17-53-22-33-34(46)35(47)36(48)38(55-33)54-18-9-16-39-37(49)30(8-2)44(5)26-13-11-25(12-14-26)40-43-29-20-24(4)28(21-32(29)52-6)42-41-27-15-10-23(3)19-31(27)45(50)51/h1,10-15,19-21,30,33-36,38,46-48H,8-9,16-18,22H2,2-6H3,(H,39,49)/t30?,33-,34-,35+,36-,38-/m1/s1. The number of ether oxygens (including phenoxy) is 4. The first kappa shape index (κ1) is 42.4. The average molecular weight is 762 g/mol. The molecule has 55 heavy (non-hydrogen) atoms. The van der Waals surface area contributed by atoms with E-state index in [2.05, 4.69) is 31.7 Å². The summed E-state index contributed by atoms with van der Waals surface area (Å²) in [5.41, 5.74) is 3.69. The summed E-state index contributed by atoms with van der Waals surface area (Å²) in [6.45, 7) is 5.78. The molecule has 294 valence electrons. The number of aryl methyl sites for hydroxylation is 2. The molecular weight excluding hydrogens is 714 g/mol. The van der Waals surface area contributed by atoms with Gasteiger partial charge < -0.3 is 44.5 Å². The number of nitrogens with one attached hydrogen (secondary N) is 1. The van der Waals surface area contributed by atoms with Crippen molar-refractivity contribution in [1.29, 1.82) is 0 Å². The number of carbonyl (C=O) groups excluding carboxylic acids is 1. The molecule has 1 aliphatic heterocycles. The van der Waals surface area contributed by atoms with Gasteiger partial charge in [0.1, 0.15) is 48.5 Å². The Bertz CT molecular complexity index is 1870. The first-order valence-corrected chi connectivity index (χ1v) is 17.6. The number of azo groups is 2. The van der Waals surface area contributed by atoms with Crippen molar-refractivity contribution in [3.05, 3.63) is 75.8 Å². The summed E-state index contributed by atoms with van der Waals surface area (Å²) in [4.78, 5) is 26.0. The number of terminal acetylenes is 1. The van der Waals surface area contributed by atoms with Gasteiger partial charge in [-0.3, -0.25) is 14.9 Å². The fourth-order valence-electron chi connectivity index (χ4n) is 5.69. The van der Waals surface area contributed by atoms with Crippen molar-refractivity contribution in [3.8, 4) is 18.1 Å². The molecule has 0 saturated carbocycles. The van der Waals surface area contributed by atoms with Crippen LogP contribution in [0.1, 0.15) is 30.9 Å². The van der Waals surface area contributed by atoms with E-state index >= 15 is 0 Å². The molecule has 0 spiro atoms. The Morgan fingerprint density at radius 1 is 1.02 bits per heavy atom. The summed E-state index contributed by atoms with van der Waals surface area (Å²) in [6, 6.07) is 14.8. The van der Waals surface area contributed by atoms with Gasteiger partial charge in [0, 0.05) is 31.4 Å². The molecule has 17 nitrogen and oxygen atoms in total. The largest absolute Gasteiger partial charge is 0.494 e. The number of amides is 1. The summed E-state index contributed by atoms with van der Waals surface area (Å²) in [7, 11) is 3.31. The van der Waals surface area contributed by atoms with E-state index in [1.165, 1.54) is 13.2 Å². The predicted octanol–water partition coefficient (Wildman–Crippen LogP) is 5.25. The molecular formula is C38H47N7O10. The molecule has 1 saturated heterocycles. The van der Waals surface area contributed by atoms with Gasteiger partial charge in [-0.05, 0) is 74.2 Å². The molecule has 1 unspecified atom stereocenters. The van der Waals surface area contributed by atoms with Crippen LogP contribution in [0.3, 0.4) is 0 Å². The Kier molecular flexibility index (Phi) is 15.7. The fraction of sp³-hybridized carbons (Fsp3) is 0.447. The Morgan fingerprint density at radius 2 is 1.73 bits per heavy atom. The number of hydrogen-bond acceptors (Lipinski definition) is 15. The van der Waals surface area contributed by atoms with E-state index in [4.69, 9.17) is 25.4 Å². The molecule has 17 heteroatoms. The van der Waals surface area contributed by atoms with E-state index in [1.807, 2.05) is 31.0 Å². The number of carbonyl (C=O) groups is 1. The summed E-state index contributed by atoms with van der Waals surface area (Å²) in [5.74, 6) is 2.50. The topological polar surface area (TPSA) is 223 Å². The van der Waals surface area contributed by atoms with E-state index < -0.39 is 41.7 Å². The van der Waals surface area contributed by atoms with Crippen LogP contribution in [0.25, 0.3) is 0 Å². The lowest BCUT2D eigenvalue weighted by Gasteiger charge is -2.40. The van der Waals surface area contributed by atoms with Crippen molar-refractivity contribution in [1.82, 2.24) is 5.32 Å². The van der Waals surface area contributed by atoms with E-state index in [0.717, 1.165) is 11.3 Å². The van der Waals surface area contributed by atoms with Gasteiger partial charge in [0.15, 0.2) is 12.0 Å². The van der Waals surface area contributed by atoms with Gasteiger partial charge >= 0.3 is 0 Å². The lowest BCUT2D eigenvalue weighted by Crippen LogP contribution is -2.59. The number of aliphatic hydroxyl groups excluding tert-OH is 3. The number of hydrogen-bond donors (Lipinski definition) is 4. The van der Waals surface area contributed by atoms with E-state index in [9.17, 15) is 30.2 Å². The van der Waals surface area contributed by atoms with Crippen LogP contribution in [-0.4, -0.2) is 103 Å². The number of nitrogens with zero attached hydrogens (tertiary/aromatic N) is 6. The lowest BCUT2D eigenvalue weighted by atomic mass is 9.99. The number of benzene rings is 3. The van der Waals surface area contributed by atoms with Gasteiger partial charge in [-0.15, -0.1) is 21.8 Å². The molecule has 1 amide bonds. The molecule has 1 heterocycles. The number of rotatable bonds is 18. The summed E-state index contributed by atoms with van der Waals surface area (Å²) >= 11 is 0. The first-order chi connectivity index (χ1) is 26.4. The lowest BCUT2D eigenvalue weighted by molar-refractivity contribution is -0.384. The SMILES string of the molecule is C#CCOC[C@H]1O[C@@H](OCCCNC(=O)C(CC)N(C)c2ccc(N=Nc3cc(C)c(N=Nc4ccc(C)cc4[N+](=O)[O-])cc3OC)cc2)[C@H](O)[C@@H](O)[C@@H]1O. The highest BCUT2D eigenvalue weighted by Gasteiger charge is 2.44. The Hall–Kier alpha value is -5.35. The molecule has 4 N–H and O–H groups in total. The van der Waals surface area contributed by atoms with Crippen LogP contribution in [0, 0.1) is 36.3 Å². The van der Waals surface area contributed by atoms with Crippen LogP contribution < -0.4 is 15.0 Å². The third kappa shape index (κ3) is 11.3. The van der Waals surface area contributed by atoms with Gasteiger partial charge in [-0.1, -0.05) is 18.9 Å². The van der Waals surface area contributed by atoms with Crippen molar-refractivity contribution in [2.24, 2.45) is 20.5 Å². The molecule has 0 aromatic heterocycles. The van der Waals surface area contributed by atoms with Crippen LogP contribution in [-0.2, 0) is 19.0 Å².